The molecule has 0 aromatic rings. The highest BCUT2D eigenvalue weighted by Gasteiger charge is 2.60. The van der Waals surface area contributed by atoms with Crippen molar-refractivity contribution >= 4 is 11.9 Å². The van der Waals surface area contributed by atoms with Crippen molar-refractivity contribution in [2.75, 3.05) is 6.54 Å². The molecule has 6 N–H and O–H groups in total. The second-order valence-electron chi connectivity index (χ2n) is 4.97. The van der Waals surface area contributed by atoms with Gasteiger partial charge >= 0.3 is 11.9 Å². The van der Waals surface area contributed by atoms with E-state index in [-0.39, 0.29) is 12.3 Å². The van der Waals surface area contributed by atoms with E-state index in [4.69, 9.17) is 21.7 Å². The number of hydrogen-bond donors (Lipinski definition) is 4. The highest BCUT2D eigenvalue weighted by molar-refractivity contribution is 5.99. The maximum atomic E-state index is 11.2. The van der Waals surface area contributed by atoms with E-state index in [2.05, 4.69) is 0 Å². The van der Waals surface area contributed by atoms with E-state index in [0.717, 1.165) is 0 Å². The van der Waals surface area contributed by atoms with Crippen LogP contribution in [0.15, 0.2) is 0 Å². The number of carbonyl (C=O) groups is 2. The molecule has 0 aliphatic heterocycles. The van der Waals surface area contributed by atoms with Crippen LogP contribution in [0.2, 0.25) is 0 Å². The fourth-order valence-electron chi connectivity index (χ4n) is 2.53. The van der Waals surface area contributed by atoms with Gasteiger partial charge in [0.05, 0.1) is 0 Å². The second kappa shape index (κ2) is 5.01. The maximum Gasteiger partial charge on any atom is 0.321 e. The Morgan fingerprint density at radius 2 is 1.94 bits per heavy atom. The summed E-state index contributed by atoms with van der Waals surface area (Å²) in [6.07, 6.45) is 1.27. The summed E-state index contributed by atoms with van der Waals surface area (Å²) in [4.78, 5) is 22.3. The van der Waals surface area contributed by atoms with Crippen molar-refractivity contribution in [1.82, 2.24) is 0 Å². The fraction of sp³-hybridized carbons (Fsp3) is 0.818. The fourth-order valence-corrected chi connectivity index (χ4v) is 2.53. The summed E-state index contributed by atoms with van der Waals surface area (Å²) in [6, 6.07) is -0.422. The molecule has 0 aromatic heterocycles. The molecule has 3 unspecified atom stereocenters. The van der Waals surface area contributed by atoms with Crippen LogP contribution in [-0.4, -0.2) is 34.7 Å². The predicted molar refractivity (Wildman–Crippen MR) is 61.2 cm³/mol. The molecule has 1 rings (SSSR count). The molecule has 1 aliphatic carbocycles. The normalized spacial score (nSPS) is 25.7. The molecule has 0 heterocycles. The van der Waals surface area contributed by atoms with Crippen LogP contribution in [0.3, 0.4) is 0 Å². The van der Waals surface area contributed by atoms with E-state index in [9.17, 15) is 9.59 Å². The number of aliphatic carboxylic acids is 2. The molecule has 0 radical (unpaired) electrons. The lowest BCUT2D eigenvalue weighted by Crippen LogP contribution is -2.59. The molecule has 0 aromatic carbocycles. The lowest BCUT2D eigenvalue weighted by Gasteiger charge is -2.46. The zero-order chi connectivity index (χ0) is 13.2. The van der Waals surface area contributed by atoms with Crippen molar-refractivity contribution in [2.24, 2.45) is 28.7 Å². The van der Waals surface area contributed by atoms with Crippen molar-refractivity contribution in [3.05, 3.63) is 0 Å². The zero-order valence-corrected chi connectivity index (χ0v) is 9.93. The van der Waals surface area contributed by atoms with Crippen LogP contribution in [0.4, 0.5) is 0 Å². The first-order chi connectivity index (χ1) is 7.86. The Kier molecular flexibility index (Phi) is 4.11. The summed E-state index contributed by atoms with van der Waals surface area (Å²) < 4.78 is 0. The van der Waals surface area contributed by atoms with Gasteiger partial charge in [-0.2, -0.15) is 0 Å². The van der Waals surface area contributed by atoms with Gasteiger partial charge in [0.2, 0.25) is 0 Å². The first kappa shape index (κ1) is 13.9. The van der Waals surface area contributed by atoms with Gasteiger partial charge in [0, 0.05) is 12.0 Å². The van der Waals surface area contributed by atoms with Crippen LogP contribution in [0.25, 0.3) is 0 Å². The molecule has 6 heteroatoms. The lowest BCUT2D eigenvalue weighted by atomic mass is 9.56. The number of rotatable bonds is 6. The Labute approximate surface area is 100.0 Å². The van der Waals surface area contributed by atoms with Crippen molar-refractivity contribution in [2.45, 2.75) is 32.2 Å². The smallest absolute Gasteiger partial charge is 0.321 e. The third kappa shape index (κ3) is 2.28. The van der Waals surface area contributed by atoms with Crippen LogP contribution < -0.4 is 11.5 Å². The summed E-state index contributed by atoms with van der Waals surface area (Å²) in [6.45, 7) is 2.38. The summed E-state index contributed by atoms with van der Waals surface area (Å²) in [5, 5.41) is 18.2. The van der Waals surface area contributed by atoms with Gasteiger partial charge in [-0.15, -0.1) is 0 Å². The molecule has 0 bridgehead atoms. The Morgan fingerprint density at radius 3 is 2.24 bits per heavy atom. The molecular formula is C11H20N2O4. The van der Waals surface area contributed by atoms with E-state index in [1.807, 2.05) is 6.92 Å². The predicted octanol–water partition coefficient (Wildman–Crippen LogP) is -0.136. The average molecular weight is 244 g/mol. The Hall–Kier alpha value is -1.14. The van der Waals surface area contributed by atoms with Gasteiger partial charge in [0.25, 0.3) is 0 Å². The zero-order valence-electron chi connectivity index (χ0n) is 9.93. The molecule has 3 atom stereocenters. The molecule has 1 aliphatic rings. The maximum absolute atomic E-state index is 11.2. The van der Waals surface area contributed by atoms with E-state index >= 15 is 0 Å². The van der Waals surface area contributed by atoms with Crippen LogP contribution in [-0.2, 0) is 9.59 Å². The van der Waals surface area contributed by atoms with Gasteiger partial charge < -0.3 is 21.7 Å². The average Bonchev–Trinajstić information content (AvgIpc) is 2.14. The number of nitrogens with two attached hydrogens (primary N) is 2. The Bertz CT molecular complexity index is 305. The van der Waals surface area contributed by atoms with Crippen molar-refractivity contribution in [1.29, 1.82) is 0 Å². The summed E-state index contributed by atoms with van der Waals surface area (Å²) in [5.41, 5.74) is 9.72. The molecule has 1 fully saturated rings. The molecule has 0 saturated heterocycles. The number of carboxylic acids is 2. The van der Waals surface area contributed by atoms with E-state index in [0.29, 0.717) is 19.4 Å². The van der Waals surface area contributed by atoms with Crippen molar-refractivity contribution in [3.8, 4) is 0 Å². The van der Waals surface area contributed by atoms with Gasteiger partial charge in [0.1, 0.15) is 0 Å². The molecule has 1 saturated carbocycles. The van der Waals surface area contributed by atoms with E-state index in [1.165, 1.54) is 0 Å². The Balaban J connectivity index is 2.78. The van der Waals surface area contributed by atoms with E-state index in [1.54, 1.807) is 0 Å². The van der Waals surface area contributed by atoms with Gasteiger partial charge in [-0.1, -0.05) is 6.92 Å². The lowest BCUT2D eigenvalue weighted by molar-refractivity contribution is -0.180. The topological polar surface area (TPSA) is 127 Å². The summed E-state index contributed by atoms with van der Waals surface area (Å²) in [7, 11) is 0. The van der Waals surface area contributed by atoms with Gasteiger partial charge in [0.15, 0.2) is 5.41 Å². The van der Waals surface area contributed by atoms with Crippen molar-refractivity contribution in [3.63, 3.8) is 0 Å². The molecule has 6 nitrogen and oxygen atoms in total. The molecule has 0 spiro atoms. The van der Waals surface area contributed by atoms with Gasteiger partial charge in [-0.3, -0.25) is 9.59 Å². The summed E-state index contributed by atoms with van der Waals surface area (Å²) >= 11 is 0. The van der Waals surface area contributed by atoms with Crippen LogP contribution in [0.1, 0.15) is 26.2 Å². The van der Waals surface area contributed by atoms with Gasteiger partial charge in [-0.05, 0) is 31.7 Å². The molecule has 98 valence electrons. The molecular weight excluding hydrogens is 224 g/mol. The minimum atomic E-state index is -1.69. The van der Waals surface area contributed by atoms with E-state index < -0.39 is 29.3 Å². The minimum Gasteiger partial charge on any atom is -0.480 e. The van der Waals surface area contributed by atoms with Crippen LogP contribution in [0, 0.1) is 17.3 Å². The first-order valence-corrected chi connectivity index (χ1v) is 5.78. The highest BCUT2D eigenvalue weighted by atomic mass is 16.4. The third-order valence-corrected chi connectivity index (χ3v) is 3.84. The first-order valence-electron chi connectivity index (χ1n) is 5.78. The Morgan fingerprint density at radius 1 is 1.41 bits per heavy atom. The van der Waals surface area contributed by atoms with Crippen LogP contribution in [0.5, 0.6) is 0 Å². The van der Waals surface area contributed by atoms with Crippen molar-refractivity contribution < 1.29 is 19.8 Å². The quantitative estimate of drug-likeness (QED) is 0.482. The monoisotopic (exact) mass is 244 g/mol. The SMILES string of the molecule is CC(CN)CC(N)C1CCC1(C(=O)O)C(=O)O. The summed E-state index contributed by atoms with van der Waals surface area (Å²) in [5.74, 6) is -2.88. The second-order valence-corrected chi connectivity index (χ2v) is 4.97. The molecule has 0 amide bonds. The van der Waals surface area contributed by atoms with Crippen LogP contribution >= 0.6 is 0 Å². The number of hydrogen-bond acceptors (Lipinski definition) is 4. The number of carboxylic acid groups (broad SMARTS) is 2. The largest absolute Gasteiger partial charge is 0.480 e. The standard InChI is InChI=1S/C11H20N2O4/c1-6(5-12)4-8(13)7-2-3-11(7,9(14)15)10(16)17/h6-8H,2-5,12-13H2,1H3,(H,14,15)(H,16,17). The third-order valence-electron chi connectivity index (χ3n) is 3.84. The highest BCUT2D eigenvalue weighted by Crippen LogP contribution is 2.49. The van der Waals surface area contributed by atoms with Gasteiger partial charge in [-0.25, -0.2) is 0 Å². The minimum absolute atomic E-state index is 0.160. The molecule has 17 heavy (non-hydrogen) atoms.